The van der Waals surface area contributed by atoms with Gasteiger partial charge in [0.1, 0.15) is 12.6 Å². The molecule has 1 saturated carbocycles. The van der Waals surface area contributed by atoms with E-state index in [1.54, 1.807) is 11.8 Å². The number of carbonyl (C=O) groups is 5. The van der Waals surface area contributed by atoms with Gasteiger partial charge in [0.25, 0.3) is 0 Å². The molecule has 0 aromatic heterocycles. The number of nitrogens with zero attached hydrogens (tertiary/aromatic N) is 2. The van der Waals surface area contributed by atoms with Crippen molar-refractivity contribution in [1.29, 1.82) is 0 Å². The first-order chi connectivity index (χ1) is 17.3. The van der Waals surface area contributed by atoms with Crippen LogP contribution in [0.2, 0.25) is 0 Å². The summed E-state index contributed by atoms with van der Waals surface area (Å²) in [5.74, 6) is -1.68. The lowest BCUT2D eigenvalue weighted by atomic mass is 9.94. The zero-order chi connectivity index (χ0) is 25.9. The Balaban J connectivity index is 1.83. The maximum atomic E-state index is 13.6. The average Bonchev–Trinajstić information content (AvgIpc) is 2.87. The van der Waals surface area contributed by atoms with Crippen molar-refractivity contribution in [3.63, 3.8) is 0 Å². The van der Waals surface area contributed by atoms with E-state index in [9.17, 15) is 24.0 Å². The van der Waals surface area contributed by atoms with Crippen molar-refractivity contribution < 1.29 is 24.0 Å². The van der Waals surface area contributed by atoms with E-state index in [0.29, 0.717) is 0 Å². The Morgan fingerprint density at radius 1 is 0.806 bits per heavy atom. The fourth-order valence-electron chi connectivity index (χ4n) is 4.62. The van der Waals surface area contributed by atoms with Crippen LogP contribution in [0.25, 0.3) is 0 Å². The summed E-state index contributed by atoms with van der Waals surface area (Å²) in [6.45, 7) is 1.73. The van der Waals surface area contributed by atoms with Crippen molar-refractivity contribution in [3.05, 3.63) is 35.9 Å². The summed E-state index contributed by atoms with van der Waals surface area (Å²) in [5.41, 5.74) is 0.883. The number of rotatable bonds is 3. The average molecular weight is 500 g/mol. The minimum Gasteiger partial charge on any atom is -0.356 e. The lowest BCUT2D eigenvalue weighted by molar-refractivity contribution is -0.145. The normalized spacial score (nSPS) is 22.5. The van der Waals surface area contributed by atoms with Crippen LogP contribution in [-0.4, -0.2) is 77.6 Å². The van der Waals surface area contributed by atoms with E-state index < -0.39 is 17.9 Å². The van der Waals surface area contributed by atoms with Crippen molar-refractivity contribution in [2.24, 2.45) is 0 Å². The number of hydrogen-bond acceptors (Lipinski definition) is 5. The van der Waals surface area contributed by atoms with Gasteiger partial charge in [-0.2, -0.15) is 0 Å². The predicted molar refractivity (Wildman–Crippen MR) is 133 cm³/mol. The summed E-state index contributed by atoms with van der Waals surface area (Å²) >= 11 is 0. The van der Waals surface area contributed by atoms with Crippen molar-refractivity contribution in [3.8, 4) is 0 Å². The molecule has 0 unspecified atom stereocenters. The first-order valence-electron chi connectivity index (χ1n) is 12.8. The molecule has 0 spiro atoms. The number of nitrogens with one attached hydrogen (secondary N) is 3. The Kier molecular flexibility index (Phi) is 10.3. The van der Waals surface area contributed by atoms with Crippen LogP contribution in [-0.2, 0) is 30.5 Å². The van der Waals surface area contributed by atoms with Gasteiger partial charge >= 0.3 is 0 Å². The Hall–Kier alpha value is -3.43. The Morgan fingerprint density at radius 3 is 2.22 bits per heavy atom. The molecule has 0 bridgehead atoms. The second-order valence-corrected chi connectivity index (χ2v) is 9.48. The second kappa shape index (κ2) is 13.6. The van der Waals surface area contributed by atoms with Crippen LogP contribution >= 0.6 is 0 Å². The van der Waals surface area contributed by atoms with Gasteiger partial charge in [-0.05, 0) is 25.3 Å². The van der Waals surface area contributed by atoms with E-state index in [2.05, 4.69) is 16.0 Å². The van der Waals surface area contributed by atoms with E-state index in [-0.39, 0.29) is 69.3 Å². The number of carbonyl (C=O) groups excluding carboxylic acids is 5. The van der Waals surface area contributed by atoms with Gasteiger partial charge in [0.2, 0.25) is 29.5 Å². The highest BCUT2D eigenvalue weighted by Crippen LogP contribution is 2.23. The smallest absolute Gasteiger partial charge is 0.242 e. The van der Waals surface area contributed by atoms with Gasteiger partial charge in [0, 0.05) is 38.5 Å². The van der Waals surface area contributed by atoms with E-state index in [0.717, 1.165) is 37.7 Å². The molecule has 2 aliphatic rings. The van der Waals surface area contributed by atoms with Gasteiger partial charge in [0.15, 0.2) is 0 Å². The van der Waals surface area contributed by atoms with E-state index in [4.69, 9.17) is 0 Å². The fourth-order valence-corrected chi connectivity index (χ4v) is 4.62. The SMILES string of the molecule is C[C@@H]1NC(=O)CN(C2CCCCC2)C(=O)CN(Cc2ccccc2)C(=O)CCNC(=O)CCNC1=O. The van der Waals surface area contributed by atoms with Gasteiger partial charge in [0.05, 0.1) is 6.54 Å². The molecule has 0 radical (unpaired) electrons. The lowest BCUT2D eigenvalue weighted by Gasteiger charge is -2.35. The molecule has 5 amide bonds. The summed E-state index contributed by atoms with van der Waals surface area (Å²) in [5, 5.41) is 7.99. The zero-order valence-corrected chi connectivity index (χ0v) is 21.0. The van der Waals surface area contributed by atoms with Crippen LogP contribution in [0.1, 0.15) is 57.4 Å². The Labute approximate surface area is 212 Å². The van der Waals surface area contributed by atoms with Crippen LogP contribution in [0.15, 0.2) is 30.3 Å². The monoisotopic (exact) mass is 499 g/mol. The minimum atomic E-state index is -0.810. The molecule has 36 heavy (non-hydrogen) atoms. The maximum Gasteiger partial charge on any atom is 0.242 e. The molecule has 10 heteroatoms. The second-order valence-electron chi connectivity index (χ2n) is 9.48. The largest absolute Gasteiger partial charge is 0.356 e. The van der Waals surface area contributed by atoms with Gasteiger partial charge < -0.3 is 25.8 Å². The van der Waals surface area contributed by atoms with Gasteiger partial charge in [-0.15, -0.1) is 0 Å². The zero-order valence-electron chi connectivity index (χ0n) is 21.0. The van der Waals surface area contributed by atoms with Gasteiger partial charge in [-0.25, -0.2) is 0 Å². The van der Waals surface area contributed by atoms with Crippen LogP contribution in [0.4, 0.5) is 0 Å². The third-order valence-corrected chi connectivity index (χ3v) is 6.63. The van der Waals surface area contributed by atoms with Crippen LogP contribution in [0, 0.1) is 0 Å². The molecule has 1 atom stereocenters. The number of benzene rings is 1. The highest BCUT2D eigenvalue weighted by molar-refractivity contribution is 5.91. The molecule has 10 nitrogen and oxygen atoms in total. The number of amides is 5. The molecule has 3 rings (SSSR count). The molecule has 196 valence electrons. The van der Waals surface area contributed by atoms with Gasteiger partial charge in [-0.3, -0.25) is 24.0 Å². The lowest BCUT2D eigenvalue weighted by Crippen LogP contribution is -2.53. The summed E-state index contributed by atoms with van der Waals surface area (Å²) in [6, 6.07) is 8.51. The van der Waals surface area contributed by atoms with Crippen LogP contribution in [0.3, 0.4) is 0 Å². The molecule has 1 heterocycles. The van der Waals surface area contributed by atoms with Crippen molar-refractivity contribution in [1.82, 2.24) is 25.8 Å². The highest BCUT2D eigenvalue weighted by atomic mass is 16.2. The molecule has 1 aromatic carbocycles. The molecule has 1 aliphatic carbocycles. The fraction of sp³-hybridized carbons (Fsp3) is 0.577. The first-order valence-corrected chi connectivity index (χ1v) is 12.8. The molecule has 1 aromatic rings. The van der Waals surface area contributed by atoms with E-state index in [1.165, 1.54) is 4.90 Å². The third-order valence-electron chi connectivity index (χ3n) is 6.63. The topological polar surface area (TPSA) is 128 Å². The van der Waals surface area contributed by atoms with Crippen LogP contribution < -0.4 is 16.0 Å². The standard InChI is InChI=1S/C26H37N5O5/c1-19-26(36)28-14-12-22(32)27-15-13-24(34)30(16-20-8-4-2-5-9-20)18-25(35)31(17-23(33)29-19)21-10-6-3-7-11-21/h2,4-5,8-9,19,21H,3,6-7,10-18H2,1H3,(H,27,32)(H,28,36)(H,29,33)/t19-/m0/s1. The molecule has 1 saturated heterocycles. The third kappa shape index (κ3) is 8.35. The van der Waals surface area contributed by atoms with Crippen molar-refractivity contribution in [2.45, 2.75) is 70.5 Å². The maximum absolute atomic E-state index is 13.6. The quantitative estimate of drug-likeness (QED) is 0.564. The summed E-state index contributed by atoms with van der Waals surface area (Å²) in [4.78, 5) is 67.0. The summed E-state index contributed by atoms with van der Waals surface area (Å²) in [6.07, 6.45) is 4.73. The Morgan fingerprint density at radius 2 is 1.50 bits per heavy atom. The van der Waals surface area contributed by atoms with E-state index >= 15 is 0 Å². The number of hydrogen-bond donors (Lipinski definition) is 3. The predicted octanol–water partition coefficient (Wildman–Crippen LogP) is 0.707. The van der Waals surface area contributed by atoms with E-state index in [1.807, 2.05) is 30.3 Å². The van der Waals surface area contributed by atoms with Crippen molar-refractivity contribution in [2.75, 3.05) is 26.2 Å². The molecule has 2 fully saturated rings. The molecular formula is C26H37N5O5. The highest BCUT2D eigenvalue weighted by Gasteiger charge is 2.30. The summed E-state index contributed by atoms with van der Waals surface area (Å²) < 4.78 is 0. The van der Waals surface area contributed by atoms with Crippen LogP contribution in [0.5, 0.6) is 0 Å². The Bertz CT molecular complexity index is 932. The summed E-state index contributed by atoms with van der Waals surface area (Å²) in [7, 11) is 0. The van der Waals surface area contributed by atoms with Gasteiger partial charge in [-0.1, -0.05) is 49.6 Å². The minimum absolute atomic E-state index is 0.0408. The first kappa shape index (κ1) is 27.2. The van der Waals surface area contributed by atoms with Crippen molar-refractivity contribution >= 4 is 29.5 Å². The molecule has 1 aliphatic heterocycles. The molecule has 3 N–H and O–H groups in total. The molecular weight excluding hydrogens is 462 g/mol.